The van der Waals surface area contributed by atoms with E-state index in [9.17, 15) is 0 Å². The van der Waals surface area contributed by atoms with Crippen LogP contribution in [0.1, 0.15) is 26.7 Å². The lowest BCUT2D eigenvalue weighted by atomic mass is 10.0. The van der Waals surface area contributed by atoms with E-state index in [4.69, 9.17) is 5.73 Å². The molecule has 16 heavy (non-hydrogen) atoms. The Morgan fingerprint density at radius 1 is 1.44 bits per heavy atom. The summed E-state index contributed by atoms with van der Waals surface area (Å²) in [6, 6.07) is 8.68. The maximum Gasteiger partial charge on any atom is 0.0186 e. The molecule has 0 fully saturated rings. The van der Waals surface area contributed by atoms with Gasteiger partial charge in [0.15, 0.2) is 0 Å². The van der Waals surface area contributed by atoms with E-state index in [1.54, 1.807) is 0 Å². The zero-order valence-corrected chi connectivity index (χ0v) is 12.4. The Hall–Kier alpha value is 0.01000. The van der Waals surface area contributed by atoms with Crippen LogP contribution in [-0.2, 0) is 0 Å². The van der Waals surface area contributed by atoms with E-state index < -0.39 is 0 Å². The lowest BCUT2D eigenvalue weighted by Gasteiger charge is -2.15. The lowest BCUT2D eigenvalue weighted by molar-refractivity contribution is 0.472. The van der Waals surface area contributed by atoms with E-state index in [0.717, 1.165) is 22.6 Å². The van der Waals surface area contributed by atoms with Gasteiger partial charge < -0.3 is 5.73 Å². The van der Waals surface area contributed by atoms with Crippen molar-refractivity contribution in [3.63, 3.8) is 0 Å². The van der Waals surface area contributed by atoms with Crippen molar-refractivity contribution in [1.29, 1.82) is 0 Å². The van der Waals surface area contributed by atoms with Gasteiger partial charge in [-0.05, 0) is 30.5 Å². The minimum Gasteiger partial charge on any atom is -0.327 e. The van der Waals surface area contributed by atoms with Crippen LogP contribution in [0.2, 0.25) is 0 Å². The van der Waals surface area contributed by atoms with Crippen LogP contribution in [0.25, 0.3) is 0 Å². The Kier molecular flexibility index (Phi) is 6.47. The summed E-state index contributed by atoms with van der Waals surface area (Å²) in [5, 5.41) is 0. The van der Waals surface area contributed by atoms with Crippen LogP contribution in [0, 0.1) is 5.92 Å². The third-order valence-electron chi connectivity index (χ3n) is 2.66. The molecule has 1 nitrogen and oxygen atoms in total. The van der Waals surface area contributed by atoms with Gasteiger partial charge in [0.1, 0.15) is 0 Å². The standard InChI is InChI=1S/C13H20BrNS/c1-3-10(2)7-12(15)9-16-13-6-4-5-11(14)8-13/h4-6,8,10,12H,3,7,9,15H2,1-2H3. The fourth-order valence-corrected chi connectivity index (χ4v) is 2.99. The molecule has 1 aromatic rings. The van der Waals surface area contributed by atoms with Crippen LogP contribution in [-0.4, -0.2) is 11.8 Å². The maximum absolute atomic E-state index is 6.10. The largest absolute Gasteiger partial charge is 0.327 e. The number of nitrogens with two attached hydrogens (primary N) is 1. The van der Waals surface area contributed by atoms with Crippen molar-refractivity contribution < 1.29 is 0 Å². The highest BCUT2D eigenvalue weighted by molar-refractivity contribution is 9.10. The highest BCUT2D eigenvalue weighted by atomic mass is 79.9. The van der Waals surface area contributed by atoms with Crippen molar-refractivity contribution in [1.82, 2.24) is 0 Å². The first-order valence-corrected chi connectivity index (χ1v) is 7.53. The Morgan fingerprint density at radius 2 is 2.19 bits per heavy atom. The molecule has 0 radical (unpaired) electrons. The maximum atomic E-state index is 6.10. The molecule has 0 saturated carbocycles. The Balaban J connectivity index is 2.34. The summed E-state index contributed by atoms with van der Waals surface area (Å²) in [6.07, 6.45) is 2.34. The molecule has 0 bridgehead atoms. The van der Waals surface area contributed by atoms with Gasteiger partial charge in [-0.25, -0.2) is 0 Å². The zero-order chi connectivity index (χ0) is 12.0. The van der Waals surface area contributed by atoms with Crippen LogP contribution in [0.5, 0.6) is 0 Å². The number of halogens is 1. The van der Waals surface area contributed by atoms with Crippen LogP contribution in [0.4, 0.5) is 0 Å². The molecule has 0 heterocycles. The topological polar surface area (TPSA) is 26.0 Å². The van der Waals surface area contributed by atoms with E-state index in [1.165, 1.54) is 11.3 Å². The van der Waals surface area contributed by atoms with Crippen molar-refractivity contribution in [2.45, 2.75) is 37.6 Å². The van der Waals surface area contributed by atoms with Crippen LogP contribution in [0.15, 0.2) is 33.6 Å². The van der Waals surface area contributed by atoms with Crippen molar-refractivity contribution in [3.05, 3.63) is 28.7 Å². The van der Waals surface area contributed by atoms with Gasteiger partial charge in [0.05, 0.1) is 0 Å². The predicted octanol–water partition coefficient (Wildman–Crippen LogP) is 4.30. The first-order chi connectivity index (χ1) is 7.61. The third kappa shape index (κ3) is 5.37. The zero-order valence-electron chi connectivity index (χ0n) is 9.95. The van der Waals surface area contributed by atoms with E-state index in [0.29, 0.717) is 6.04 Å². The summed E-state index contributed by atoms with van der Waals surface area (Å²) < 4.78 is 1.13. The smallest absolute Gasteiger partial charge is 0.0186 e. The molecule has 0 saturated heterocycles. The summed E-state index contributed by atoms with van der Waals surface area (Å²) >= 11 is 5.32. The predicted molar refractivity (Wildman–Crippen MR) is 76.9 cm³/mol. The Labute approximate surface area is 111 Å². The van der Waals surface area contributed by atoms with Gasteiger partial charge in [-0.2, -0.15) is 0 Å². The Morgan fingerprint density at radius 3 is 2.81 bits per heavy atom. The summed E-state index contributed by atoms with van der Waals surface area (Å²) in [6.45, 7) is 4.49. The van der Waals surface area contributed by atoms with Crippen LogP contribution < -0.4 is 5.73 Å². The first-order valence-electron chi connectivity index (χ1n) is 5.75. The van der Waals surface area contributed by atoms with Gasteiger partial charge in [0.2, 0.25) is 0 Å². The lowest BCUT2D eigenvalue weighted by Crippen LogP contribution is -2.25. The van der Waals surface area contributed by atoms with Crippen molar-refractivity contribution in [3.8, 4) is 0 Å². The molecular weight excluding hydrogens is 282 g/mol. The van der Waals surface area contributed by atoms with E-state index >= 15 is 0 Å². The number of thioether (sulfide) groups is 1. The number of hydrogen-bond donors (Lipinski definition) is 1. The molecule has 1 aromatic carbocycles. The van der Waals surface area contributed by atoms with Gasteiger partial charge in [0.25, 0.3) is 0 Å². The third-order valence-corrected chi connectivity index (χ3v) is 4.34. The molecule has 0 aliphatic heterocycles. The molecular formula is C13H20BrNS. The summed E-state index contributed by atoms with van der Waals surface area (Å²) in [5.41, 5.74) is 6.10. The quantitative estimate of drug-likeness (QED) is 0.793. The molecule has 2 N–H and O–H groups in total. The number of benzene rings is 1. The molecule has 0 aliphatic carbocycles. The van der Waals surface area contributed by atoms with Gasteiger partial charge in [0, 0.05) is 21.2 Å². The van der Waals surface area contributed by atoms with Gasteiger partial charge >= 0.3 is 0 Å². The average Bonchev–Trinajstić information content (AvgIpc) is 2.26. The second-order valence-electron chi connectivity index (χ2n) is 4.28. The van der Waals surface area contributed by atoms with Crippen molar-refractivity contribution in [2.75, 3.05) is 5.75 Å². The minimum atomic E-state index is 0.305. The molecule has 3 heteroatoms. The SMILES string of the molecule is CCC(C)CC(N)CSc1cccc(Br)c1. The van der Waals surface area contributed by atoms with Crippen molar-refractivity contribution in [2.24, 2.45) is 11.7 Å². The molecule has 0 aromatic heterocycles. The number of hydrogen-bond acceptors (Lipinski definition) is 2. The molecule has 2 unspecified atom stereocenters. The average molecular weight is 302 g/mol. The normalized spacial score (nSPS) is 14.8. The van der Waals surface area contributed by atoms with Crippen LogP contribution >= 0.6 is 27.7 Å². The first kappa shape index (κ1) is 14.1. The monoisotopic (exact) mass is 301 g/mol. The van der Waals surface area contributed by atoms with Crippen LogP contribution in [0.3, 0.4) is 0 Å². The second-order valence-corrected chi connectivity index (χ2v) is 6.29. The van der Waals surface area contributed by atoms with E-state index in [2.05, 4.69) is 48.0 Å². The molecule has 0 spiro atoms. The fraction of sp³-hybridized carbons (Fsp3) is 0.538. The molecule has 90 valence electrons. The highest BCUT2D eigenvalue weighted by Gasteiger charge is 2.08. The van der Waals surface area contributed by atoms with E-state index in [-0.39, 0.29) is 0 Å². The molecule has 1 rings (SSSR count). The summed E-state index contributed by atoms with van der Waals surface area (Å²) in [5.74, 6) is 1.74. The minimum absolute atomic E-state index is 0.305. The van der Waals surface area contributed by atoms with Gasteiger partial charge in [-0.15, -0.1) is 11.8 Å². The Bertz CT molecular complexity index is 317. The highest BCUT2D eigenvalue weighted by Crippen LogP contribution is 2.23. The molecule has 0 amide bonds. The number of rotatable bonds is 6. The second kappa shape index (κ2) is 7.36. The van der Waals surface area contributed by atoms with Gasteiger partial charge in [-0.3, -0.25) is 0 Å². The summed E-state index contributed by atoms with van der Waals surface area (Å²) in [4.78, 5) is 1.29. The fourth-order valence-electron chi connectivity index (χ4n) is 1.51. The molecule has 0 aliphatic rings. The summed E-state index contributed by atoms with van der Waals surface area (Å²) in [7, 11) is 0. The van der Waals surface area contributed by atoms with Gasteiger partial charge in [-0.1, -0.05) is 42.3 Å². The van der Waals surface area contributed by atoms with Crippen molar-refractivity contribution >= 4 is 27.7 Å². The molecule has 2 atom stereocenters. The van der Waals surface area contributed by atoms with E-state index in [1.807, 2.05) is 17.8 Å².